The molecule has 0 spiro atoms. The lowest BCUT2D eigenvalue weighted by Crippen LogP contribution is -2.19. The number of nitrogens with zero attached hydrogens (tertiary/aromatic N) is 1. The monoisotopic (exact) mass is 439 g/mol. The molecule has 0 bridgehead atoms. The zero-order valence-electron chi connectivity index (χ0n) is 13.3. The first kappa shape index (κ1) is 18.4. The van der Waals surface area contributed by atoms with Gasteiger partial charge in [-0.25, -0.2) is 8.42 Å². The van der Waals surface area contributed by atoms with Gasteiger partial charge in [-0.1, -0.05) is 39.7 Å². The minimum absolute atomic E-state index is 0.0573. The van der Waals surface area contributed by atoms with Crippen LogP contribution in [0.15, 0.2) is 57.9 Å². The molecule has 0 aliphatic heterocycles. The summed E-state index contributed by atoms with van der Waals surface area (Å²) in [7, 11) is -2.23. The predicted octanol–water partition coefficient (Wildman–Crippen LogP) is 4.20. The third-order valence-electron chi connectivity index (χ3n) is 4.55. The fourth-order valence-corrected chi connectivity index (χ4v) is 6.05. The van der Waals surface area contributed by atoms with Gasteiger partial charge < -0.3 is 4.74 Å². The van der Waals surface area contributed by atoms with E-state index in [1.807, 2.05) is 24.3 Å². The van der Waals surface area contributed by atoms with Gasteiger partial charge in [-0.15, -0.1) is 0 Å². The molecule has 1 aliphatic carbocycles. The molecule has 3 rings (SSSR count). The second kappa shape index (κ2) is 6.73. The van der Waals surface area contributed by atoms with Crippen LogP contribution in [0.5, 0.6) is 0 Å². The number of methoxy groups -OCH3 is 1. The van der Waals surface area contributed by atoms with E-state index in [1.165, 1.54) is 31.4 Å². The maximum atomic E-state index is 13.1. The molecule has 0 amide bonds. The number of halogens is 2. The Labute approximate surface area is 160 Å². The Kier molecular flexibility index (Phi) is 4.95. The summed E-state index contributed by atoms with van der Waals surface area (Å²) in [6.07, 6.45) is 0. The molecule has 0 heterocycles. The summed E-state index contributed by atoms with van der Waals surface area (Å²) in [5, 5.41) is 9.38. The van der Waals surface area contributed by atoms with Gasteiger partial charge in [-0.05, 0) is 42.0 Å². The molecular weight excluding hydrogens is 426 g/mol. The Morgan fingerprint density at radius 1 is 1.20 bits per heavy atom. The minimum Gasteiger partial charge on any atom is -0.383 e. The maximum Gasteiger partial charge on any atom is 0.183 e. The third-order valence-corrected chi connectivity index (χ3v) is 7.62. The van der Waals surface area contributed by atoms with Gasteiger partial charge >= 0.3 is 0 Å². The zero-order chi connectivity index (χ0) is 18.2. The van der Waals surface area contributed by atoms with E-state index in [-0.39, 0.29) is 11.5 Å². The van der Waals surface area contributed by atoms with Crippen molar-refractivity contribution < 1.29 is 13.2 Å². The molecule has 1 aliphatic rings. The van der Waals surface area contributed by atoms with Crippen LogP contribution in [0.1, 0.15) is 11.5 Å². The molecular formula is C18H15BrClNO3S. The summed E-state index contributed by atoms with van der Waals surface area (Å²) in [6, 6.07) is 15.6. The number of sulfone groups is 1. The fraction of sp³-hybridized carbons (Fsp3) is 0.278. The van der Waals surface area contributed by atoms with Gasteiger partial charge in [0.1, 0.15) is 5.41 Å². The van der Waals surface area contributed by atoms with Gasteiger partial charge in [-0.3, -0.25) is 0 Å². The lowest BCUT2D eigenvalue weighted by molar-refractivity contribution is 0.162. The zero-order valence-corrected chi connectivity index (χ0v) is 16.5. The van der Waals surface area contributed by atoms with Crippen molar-refractivity contribution in [1.29, 1.82) is 5.26 Å². The SMILES string of the molecule is COC[C@]1(C#N)[C@@H](c2ccc(Br)cc2)[C@@H]1S(=O)(=O)c1ccc(Cl)cc1. The highest BCUT2D eigenvalue weighted by atomic mass is 79.9. The fourth-order valence-electron chi connectivity index (χ4n) is 3.35. The lowest BCUT2D eigenvalue weighted by atomic mass is 10.0. The van der Waals surface area contributed by atoms with Crippen molar-refractivity contribution in [3.8, 4) is 6.07 Å². The Morgan fingerprint density at radius 3 is 2.32 bits per heavy atom. The van der Waals surface area contributed by atoms with Gasteiger partial charge in [-0.2, -0.15) is 5.26 Å². The van der Waals surface area contributed by atoms with Crippen molar-refractivity contribution in [2.24, 2.45) is 5.41 Å². The van der Waals surface area contributed by atoms with Gasteiger partial charge in [0.25, 0.3) is 0 Å². The van der Waals surface area contributed by atoms with Crippen molar-refractivity contribution >= 4 is 37.4 Å². The number of hydrogen-bond donors (Lipinski definition) is 0. The number of benzene rings is 2. The summed E-state index contributed by atoms with van der Waals surface area (Å²) in [6.45, 7) is 0.0573. The molecule has 130 valence electrons. The van der Waals surface area contributed by atoms with Gasteiger partial charge in [0, 0.05) is 22.5 Å². The second-order valence-corrected chi connectivity index (χ2v) is 9.46. The molecule has 2 aromatic carbocycles. The molecule has 1 saturated carbocycles. The van der Waals surface area contributed by atoms with Crippen LogP contribution in [-0.4, -0.2) is 27.4 Å². The van der Waals surface area contributed by atoms with Crippen molar-refractivity contribution in [2.45, 2.75) is 16.1 Å². The van der Waals surface area contributed by atoms with Crippen molar-refractivity contribution in [3.05, 3.63) is 63.6 Å². The molecule has 3 atom stereocenters. The predicted molar refractivity (Wildman–Crippen MR) is 99.2 cm³/mol. The van der Waals surface area contributed by atoms with E-state index in [0.29, 0.717) is 5.02 Å². The molecule has 0 unspecified atom stereocenters. The molecule has 0 radical (unpaired) electrons. The number of ether oxygens (including phenoxy) is 1. The summed E-state index contributed by atoms with van der Waals surface area (Å²) in [5.41, 5.74) is -0.287. The number of nitriles is 1. The van der Waals surface area contributed by atoms with Crippen molar-refractivity contribution in [2.75, 3.05) is 13.7 Å². The standard InChI is InChI=1S/C18H15BrClNO3S/c1-24-11-18(10-21)16(12-2-4-13(19)5-3-12)17(18)25(22,23)15-8-6-14(20)7-9-15/h2-9,16-17H,11H2,1H3/t16-,17-,18+/m0/s1. The van der Waals surface area contributed by atoms with E-state index in [4.69, 9.17) is 16.3 Å². The smallest absolute Gasteiger partial charge is 0.183 e. The van der Waals surface area contributed by atoms with Crippen LogP contribution in [0.25, 0.3) is 0 Å². The number of rotatable bonds is 5. The Morgan fingerprint density at radius 2 is 1.80 bits per heavy atom. The quantitative estimate of drug-likeness (QED) is 0.699. The van der Waals surface area contributed by atoms with E-state index < -0.39 is 26.4 Å². The van der Waals surface area contributed by atoms with Crippen molar-refractivity contribution in [1.82, 2.24) is 0 Å². The molecule has 4 nitrogen and oxygen atoms in total. The maximum absolute atomic E-state index is 13.1. The van der Waals surface area contributed by atoms with Crippen LogP contribution in [0, 0.1) is 16.7 Å². The molecule has 25 heavy (non-hydrogen) atoms. The van der Waals surface area contributed by atoms with Gasteiger partial charge in [0.15, 0.2) is 9.84 Å². The van der Waals surface area contributed by atoms with E-state index in [1.54, 1.807) is 0 Å². The number of hydrogen-bond acceptors (Lipinski definition) is 4. The van der Waals surface area contributed by atoms with E-state index in [9.17, 15) is 13.7 Å². The highest BCUT2D eigenvalue weighted by Gasteiger charge is 2.72. The molecule has 0 saturated heterocycles. The summed E-state index contributed by atoms with van der Waals surface area (Å²) in [4.78, 5) is 0.164. The van der Waals surface area contributed by atoms with Crippen LogP contribution in [-0.2, 0) is 14.6 Å². The van der Waals surface area contributed by atoms with Crippen LogP contribution in [0.4, 0.5) is 0 Å². The third kappa shape index (κ3) is 3.11. The summed E-state index contributed by atoms with van der Waals surface area (Å²) < 4.78 is 32.4. The Bertz CT molecular complexity index is 922. The Hall–Kier alpha value is -1.39. The van der Waals surface area contributed by atoms with E-state index in [0.717, 1.165) is 10.0 Å². The average molecular weight is 441 g/mol. The van der Waals surface area contributed by atoms with Gasteiger partial charge in [0.05, 0.1) is 22.8 Å². The van der Waals surface area contributed by atoms with E-state index >= 15 is 0 Å². The van der Waals surface area contributed by atoms with Gasteiger partial charge in [0.2, 0.25) is 0 Å². The first-order chi connectivity index (χ1) is 11.9. The molecule has 1 fully saturated rings. The topological polar surface area (TPSA) is 67.2 Å². The highest BCUT2D eigenvalue weighted by molar-refractivity contribution is 9.10. The van der Waals surface area contributed by atoms with Crippen LogP contribution < -0.4 is 0 Å². The highest BCUT2D eigenvalue weighted by Crippen LogP contribution is 2.63. The normalized spacial score (nSPS) is 25.4. The molecule has 0 N–H and O–H groups in total. The first-order valence-electron chi connectivity index (χ1n) is 7.52. The molecule has 7 heteroatoms. The van der Waals surface area contributed by atoms with E-state index in [2.05, 4.69) is 22.0 Å². The van der Waals surface area contributed by atoms with Crippen molar-refractivity contribution in [3.63, 3.8) is 0 Å². The average Bonchev–Trinajstić information content (AvgIpc) is 3.26. The largest absolute Gasteiger partial charge is 0.383 e. The first-order valence-corrected chi connectivity index (χ1v) is 10.2. The summed E-state index contributed by atoms with van der Waals surface area (Å²) in [5.74, 6) is -0.439. The second-order valence-electron chi connectivity index (χ2n) is 6.03. The van der Waals surface area contributed by atoms with Crippen LogP contribution >= 0.6 is 27.5 Å². The summed E-state index contributed by atoms with van der Waals surface area (Å²) >= 11 is 9.23. The van der Waals surface area contributed by atoms with Crippen LogP contribution in [0.2, 0.25) is 5.02 Å². The molecule has 2 aromatic rings. The lowest BCUT2D eigenvalue weighted by Gasteiger charge is -2.08. The Balaban J connectivity index is 2.07. The minimum atomic E-state index is -3.70. The van der Waals surface area contributed by atoms with Crippen LogP contribution in [0.3, 0.4) is 0 Å². The molecule has 0 aromatic heterocycles.